The highest BCUT2D eigenvalue weighted by Crippen LogP contribution is 2.45. The molecule has 0 spiro atoms. The summed E-state index contributed by atoms with van der Waals surface area (Å²) in [5.74, 6) is -0.552. The van der Waals surface area contributed by atoms with Crippen LogP contribution < -0.4 is 5.73 Å². The van der Waals surface area contributed by atoms with E-state index in [1.807, 2.05) is 25.1 Å². The molecule has 1 aromatic carbocycles. The van der Waals surface area contributed by atoms with Crippen LogP contribution in [0, 0.1) is 0 Å². The molecule has 148 valence electrons. The number of aliphatic hydroxyl groups is 1. The van der Waals surface area contributed by atoms with Gasteiger partial charge in [-0.3, -0.25) is 0 Å². The number of anilines is 1. The fraction of sp³-hybridized carbons (Fsp3) is 0.391. The normalized spacial score (nSPS) is 24.8. The van der Waals surface area contributed by atoms with E-state index >= 15 is 0 Å². The number of hydrogen-bond donors (Lipinski definition) is 2. The summed E-state index contributed by atoms with van der Waals surface area (Å²) in [4.78, 5) is 19.6. The van der Waals surface area contributed by atoms with Crippen LogP contribution in [-0.4, -0.2) is 39.7 Å². The molecule has 0 saturated heterocycles. The number of ether oxygens (including phenoxy) is 1. The van der Waals surface area contributed by atoms with Crippen molar-refractivity contribution in [1.82, 2.24) is 9.88 Å². The highest BCUT2D eigenvalue weighted by Gasteiger charge is 2.47. The van der Waals surface area contributed by atoms with E-state index in [4.69, 9.17) is 15.5 Å². The first-order chi connectivity index (χ1) is 14.0. The van der Waals surface area contributed by atoms with Crippen LogP contribution >= 0.6 is 0 Å². The van der Waals surface area contributed by atoms with Gasteiger partial charge < -0.3 is 20.5 Å². The van der Waals surface area contributed by atoms with Crippen LogP contribution in [0.25, 0.3) is 16.6 Å². The lowest BCUT2D eigenvalue weighted by molar-refractivity contribution is -0.163. The van der Waals surface area contributed by atoms with Gasteiger partial charge in [-0.25, -0.2) is 9.78 Å². The van der Waals surface area contributed by atoms with Gasteiger partial charge in [-0.05, 0) is 60.6 Å². The molecule has 0 radical (unpaired) electrons. The van der Waals surface area contributed by atoms with Crippen LogP contribution in [0.5, 0.6) is 0 Å². The van der Waals surface area contributed by atoms with Gasteiger partial charge in [-0.2, -0.15) is 0 Å². The third-order valence-electron chi connectivity index (χ3n) is 7.01. The molecule has 29 heavy (non-hydrogen) atoms. The fourth-order valence-electron chi connectivity index (χ4n) is 5.47. The average molecular weight is 389 g/mol. The zero-order valence-corrected chi connectivity index (χ0v) is 16.4. The van der Waals surface area contributed by atoms with E-state index < -0.39 is 11.6 Å². The van der Waals surface area contributed by atoms with E-state index in [0.29, 0.717) is 18.5 Å². The van der Waals surface area contributed by atoms with E-state index in [0.717, 1.165) is 54.0 Å². The quantitative estimate of drug-likeness (QED) is 0.575. The number of carbonyl (C=O) groups is 1. The standard InChI is InChI=1S/C23H23N3O3/c1-2-23(28)16-8-19-21-15(10-26(19)9-12(16)11-29-22(23)27)13-4-3-5-14-17(24)6-7-18(25-21)20(13)14/h6-8,28H,2-5,9-11,24H2,1H3/t23-/m0/s1. The van der Waals surface area contributed by atoms with Gasteiger partial charge in [0.05, 0.1) is 16.9 Å². The third kappa shape index (κ3) is 2.10. The van der Waals surface area contributed by atoms with E-state index in [9.17, 15) is 9.90 Å². The molecular formula is C23H23N3O3. The Bertz CT molecular complexity index is 1180. The molecule has 0 amide bonds. The van der Waals surface area contributed by atoms with Crippen LogP contribution in [0.3, 0.4) is 0 Å². The lowest BCUT2D eigenvalue weighted by Gasteiger charge is -2.37. The van der Waals surface area contributed by atoms with Crippen molar-refractivity contribution in [2.75, 3.05) is 18.9 Å². The summed E-state index contributed by atoms with van der Waals surface area (Å²) in [6.07, 6.45) is 5.40. The number of hydrogen-bond acceptors (Lipinski definition) is 6. The number of nitrogens with zero attached hydrogens (tertiary/aromatic N) is 2. The van der Waals surface area contributed by atoms with Gasteiger partial charge >= 0.3 is 5.97 Å². The maximum absolute atomic E-state index is 12.3. The molecule has 0 saturated carbocycles. The molecule has 0 fully saturated rings. The second-order valence-electron chi connectivity index (χ2n) is 8.49. The molecule has 3 N–H and O–H groups in total. The Kier molecular flexibility index (Phi) is 3.29. The molecular weight excluding hydrogens is 366 g/mol. The summed E-state index contributed by atoms with van der Waals surface area (Å²) in [6, 6.07) is 3.97. The van der Waals surface area contributed by atoms with Gasteiger partial charge in [0.1, 0.15) is 6.61 Å². The summed E-state index contributed by atoms with van der Waals surface area (Å²) in [7, 11) is 0. The zero-order valence-electron chi connectivity index (χ0n) is 16.4. The molecule has 2 aromatic rings. The lowest BCUT2D eigenvalue weighted by atomic mass is 9.83. The minimum Gasteiger partial charge on any atom is -0.459 e. The lowest BCUT2D eigenvalue weighted by Crippen LogP contribution is -2.47. The summed E-state index contributed by atoms with van der Waals surface area (Å²) in [6.45, 7) is 3.50. The Morgan fingerprint density at radius 2 is 2.07 bits per heavy atom. The molecule has 1 atom stereocenters. The number of esters is 1. The van der Waals surface area contributed by atoms with Crippen LogP contribution in [0.2, 0.25) is 0 Å². The van der Waals surface area contributed by atoms with Crippen LogP contribution in [-0.2, 0) is 28.9 Å². The molecule has 4 aliphatic rings. The molecule has 6 heteroatoms. The first-order valence-electron chi connectivity index (χ1n) is 10.3. The summed E-state index contributed by atoms with van der Waals surface area (Å²) >= 11 is 0. The van der Waals surface area contributed by atoms with Crippen LogP contribution in [0.4, 0.5) is 5.69 Å². The first-order valence-corrected chi connectivity index (χ1v) is 10.3. The van der Waals surface area contributed by atoms with Crippen molar-refractivity contribution in [2.24, 2.45) is 0 Å². The number of rotatable bonds is 1. The minimum absolute atomic E-state index is 0.246. The molecule has 1 aromatic heterocycles. The molecule has 4 heterocycles. The van der Waals surface area contributed by atoms with Crippen molar-refractivity contribution in [3.63, 3.8) is 0 Å². The topological polar surface area (TPSA) is 88.7 Å². The predicted molar refractivity (Wildman–Crippen MR) is 110 cm³/mol. The zero-order chi connectivity index (χ0) is 19.9. The van der Waals surface area contributed by atoms with Crippen molar-refractivity contribution in [3.8, 4) is 0 Å². The highest BCUT2D eigenvalue weighted by molar-refractivity contribution is 5.95. The van der Waals surface area contributed by atoms with E-state index in [-0.39, 0.29) is 6.61 Å². The SMILES string of the molecule is CC[C@@]1(O)C(=O)OCC2=C1C=C1c3nc4ccc(N)c5c4c(c3CN1C2)CCC5. The minimum atomic E-state index is -1.57. The van der Waals surface area contributed by atoms with Gasteiger partial charge in [0, 0.05) is 35.3 Å². The fourth-order valence-corrected chi connectivity index (χ4v) is 5.47. The Morgan fingerprint density at radius 3 is 2.90 bits per heavy atom. The Hall–Kier alpha value is -2.86. The molecule has 1 aliphatic carbocycles. The van der Waals surface area contributed by atoms with E-state index in [2.05, 4.69) is 4.90 Å². The molecule has 6 rings (SSSR count). The Balaban J connectivity index is 1.58. The molecule has 3 aliphatic heterocycles. The number of aryl methyl sites for hydroxylation is 2. The highest BCUT2D eigenvalue weighted by atomic mass is 16.6. The van der Waals surface area contributed by atoms with Gasteiger partial charge in [-0.1, -0.05) is 6.92 Å². The van der Waals surface area contributed by atoms with E-state index in [1.54, 1.807) is 0 Å². The van der Waals surface area contributed by atoms with Crippen molar-refractivity contribution >= 4 is 28.3 Å². The number of fused-ring (bicyclic) bond motifs is 4. The number of carbonyl (C=O) groups excluding carboxylic acids is 1. The molecule has 0 bridgehead atoms. The average Bonchev–Trinajstić information content (AvgIpc) is 3.10. The number of pyridine rings is 1. The smallest absolute Gasteiger partial charge is 0.343 e. The maximum atomic E-state index is 12.3. The third-order valence-corrected chi connectivity index (χ3v) is 7.01. The second kappa shape index (κ2) is 5.60. The van der Waals surface area contributed by atoms with E-state index in [1.165, 1.54) is 22.1 Å². The largest absolute Gasteiger partial charge is 0.459 e. The molecule has 6 nitrogen and oxygen atoms in total. The van der Waals surface area contributed by atoms with Gasteiger partial charge in [0.25, 0.3) is 0 Å². The van der Waals surface area contributed by atoms with Gasteiger partial charge in [0.2, 0.25) is 0 Å². The number of cyclic esters (lactones) is 1. The van der Waals surface area contributed by atoms with Crippen molar-refractivity contribution < 1.29 is 14.6 Å². The number of benzene rings is 1. The summed E-state index contributed by atoms with van der Waals surface area (Å²) < 4.78 is 5.29. The van der Waals surface area contributed by atoms with Crippen LogP contribution in [0.15, 0.2) is 29.4 Å². The van der Waals surface area contributed by atoms with Gasteiger partial charge in [0.15, 0.2) is 5.60 Å². The second-order valence-corrected chi connectivity index (χ2v) is 8.49. The summed E-state index contributed by atoms with van der Waals surface area (Å²) in [5.41, 5.74) is 14.1. The van der Waals surface area contributed by atoms with Crippen molar-refractivity contribution in [3.05, 3.63) is 51.7 Å². The van der Waals surface area contributed by atoms with Crippen molar-refractivity contribution in [1.29, 1.82) is 0 Å². The first kappa shape index (κ1) is 17.0. The maximum Gasteiger partial charge on any atom is 0.343 e. The number of nitrogen functional groups attached to an aromatic ring is 1. The Labute approximate surface area is 168 Å². The number of aromatic nitrogens is 1. The number of nitrogens with two attached hydrogens (primary N) is 1. The van der Waals surface area contributed by atoms with Crippen molar-refractivity contribution in [2.45, 2.75) is 44.8 Å². The van der Waals surface area contributed by atoms with Crippen LogP contribution in [0.1, 0.15) is 42.1 Å². The van der Waals surface area contributed by atoms with Gasteiger partial charge in [-0.15, -0.1) is 0 Å². The summed E-state index contributed by atoms with van der Waals surface area (Å²) in [5, 5.41) is 12.3. The predicted octanol–water partition coefficient (Wildman–Crippen LogP) is 2.47. The monoisotopic (exact) mass is 389 g/mol. The molecule has 0 unspecified atom stereocenters. The Morgan fingerprint density at radius 1 is 1.24 bits per heavy atom.